The van der Waals surface area contributed by atoms with Crippen LogP contribution in [0.15, 0.2) is 4.47 Å². The average Bonchev–Trinajstić information content (AvgIpc) is 2.71. The molecule has 1 N–H and O–H groups in total. The SMILES string of the molecule is CCc1nn(CC)c(CC(NC)C(C)C(C)C)c1Br. The van der Waals surface area contributed by atoms with Crippen LogP contribution in [0.3, 0.4) is 0 Å². The van der Waals surface area contributed by atoms with Gasteiger partial charge in [0.15, 0.2) is 0 Å². The maximum atomic E-state index is 4.68. The minimum atomic E-state index is 0.489. The van der Waals surface area contributed by atoms with Gasteiger partial charge in [-0.2, -0.15) is 5.10 Å². The molecule has 0 spiro atoms. The Morgan fingerprint density at radius 2 is 1.89 bits per heavy atom. The summed E-state index contributed by atoms with van der Waals surface area (Å²) < 4.78 is 3.34. The molecule has 4 heteroatoms. The largest absolute Gasteiger partial charge is 0.316 e. The second kappa shape index (κ2) is 7.44. The number of halogens is 1. The Balaban J connectivity index is 2.99. The highest BCUT2D eigenvalue weighted by Crippen LogP contribution is 2.26. The number of aryl methyl sites for hydroxylation is 2. The summed E-state index contributed by atoms with van der Waals surface area (Å²) in [4.78, 5) is 0. The zero-order valence-corrected chi connectivity index (χ0v) is 14.7. The number of hydrogen-bond acceptors (Lipinski definition) is 2. The minimum absolute atomic E-state index is 0.489. The van der Waals surface area contributed by atoms with Crippen molar-refractivity contribution in [3.8, 4) is 0 Å². The molecule has 0 saturated carbocycles. The van der Waals surface area contributed by atoms with Gasteiger partial charge in [-0.3, -0.25) is 4.68 Å². The van der Waals surface area contributed by atoms with Gasteiger partial charge in [-0.25, -0.2) is 0 Å². The van der Waals surface area contributed by atoms with E-state index in [-0.39, 0.29) is 0 Å². The van der Waals surface area contributed by atoms with E-state index in [2.05, 4.69) is 72.7 Å². The molecule has 110 valence electrons. The van der Waals surface area contributed by atoms with Gasteiger partial charge in [-0.15, -0.1) is 0 Å². The molecule has 3 nitrogen and oxygen atoms in total. The van der Waals surface area contributed by atoms with Crippen LogP contribution in [0.4, 0.5) is 0 Å². The summed E-state index contributed by atoms with van der Waals surface area (Å²) in [6.45, 7) is 12.1. The summed E-state index contributed by atoms with van der Waals surface area (Å²) in [7, 11) is 2.06. The summed E-state index contributed by atoms with van der Waals surface area (Å²) in [5.74, 6) is 1.32. The lowest BCUT2D eigenvalue weighted by Gasteiger charge is -2.27. The first-order chi connectivity index (χ1) is 8.96. The third kappa shape index (κ3) is 3.82. The highest BCUT2D eigenvalue weighted by atomic mass is 79.9. The molecule has 19 heavy (non-hydrogen) atoms. The summed E-state index contributed by atoms with van der Waals surface area (Å²) in [6, 6.07) is 0.489. The summed E-state index contributed by atoms with van der Waals surface area (Å²) in [5, 5.41) is 8.16. The summed E-state index contributed by atoms with van der Waals surface area (Å²) >= 11 is 3.74. The van der Waals surface area contributed by atoms with E-state index in [1.165, 1.54) is 15.9 Å². The van der Waals surface area contributed by atoms with Crippen molar-refractivity contribution in [2.24, 2.45) is 11.8 Å². The van der Waals surface area contributed by atoms with Crippen molar-refractivity contribution in [1.82, 2.24) is 15.1 Å². The Morgan fingerprint density at radius 3 is 2.32 bits per heavy atom. The molecule has 0 aliphatic heterocycles. The normalized spacial score (nSPS) is 14.9. The first kappa shape index (κ1) is 16.7. The van der Waals surface area contributed by atoms with Crippen LogP contribution in [0.25, 0.3) is 0 Å². The van der Waals surface area contributed by atoms with E-state index in [9.17, 15) is 0 Å². The second-order valence-electron chi connectivity index (χ2n) is 5.58. The van der Waals surface area contributed by atoms with Gasteiger partial charge >= 0.3 is 0 Å². The summed E-state index contributed by atoms with van der Waals surface area (Å²) in [5.41, 5.74) is 2.50. The van der Waals surface area contributed by atoms with Gasteiger partial charge in [-0.05, 0) is 48.2 Å². The Labute approximate surface area is 126 Å². The summed E-state index contributed by atoms with van der Waals surface area (Å²) in [6.07, 6.45) is 2.00. The van der Waals surface area contributed by atoms with Crippen LogP contribution in [-0.4, -0.2) is 22.9 Å². The van der Waals surface area contributed by atoms with Crippen molar-refractivity contribution in [3.63, 3.8) is 0 Å². The monoisotopic (exact) mass is 329 g/mol. The predicted molar refractivity (Wildman–Crippen MR) is 85.5 cm³/mol. The zero-order chi connectivity index (χ0) is 14.6. The predicted octanol–water partition coefficient (Wildman–Crippen LogP) is 3.65. The number of rotatable bonds is 7. The lowest BCUT2D eigenvalue weighted by Crippen LogP contribution is -2.37. The molecule has 0 radical (unpaired) electrons. The van der Waals surface area contributed by atoms with E-state index < -0.39 is 0 Å². The third-order valence-corrected chi connectivity index (χ3v) is 5.08. The van der Waals surface area contributed by atoms with Gasteiger partial charge in [0.25, 0.3) is 0 Å². The van der Waals surface area contributed by atoms with Gasteiger partial charge < -0.3 is 5.32 Å². The van der Waals surface area contributed by atoms with Crippen molar-refractivity contribution in [2.75, 3.05) is 7.05 Å². The number of likely N-dealkylation sites (N-methyl/N-ethyl adjacent to an activating group) is 1. The van der Waals surface area contributed by atoms with Gasteiger partial charge in [-0.1, -0.05) is 27.7 Å². The number of nitrogens with one attached hydrogen (secondary N) is 1. The number of aromatic nitrogens is 2. The fourth-order valence-corrected chi connectivity index (χ4v) is 3.16. The van der Waals surface area contributed by atoms with Crippen molar-refractivity contribution in [2.45, 2.75) is 60.0 Å². The number of hydrogen-bond donors (Lipinski definition) is 1. The molecule has 2 atom stereocenters. The van der Waals surface area contributed by atoms with Gasteiger partial charge in [0.1, 0.15) is 0 Å². The Hall–Kier alpha value is -0.350. The molecular formula is C15H28BrN3. The zero-order valence-electron chi connectivity index (χ0n) is 13.1. The van der Waals surface area contributed by atoms with E-state index in [4.69, 9.17) is 0 Å². The van der Waals surface area contributed by atoms with Crippen molar-refractivity contribution < 1.29 is 0 Å². The third-order valence-electron chi connectivity index (χ3n) is 4.16. The first-order valence-corrected chi connectivity index (χ1v) is 8.16. The first-order valence-electron chi connectivity index (χ1n) is 7.37. The van der Waals surface area contributed by atoms with Crippen LogP contribution in [0.1, 0.15) is 46.0 Å². The van der Waals surface area contributed by atoms with Crippen LogP contribution >= 0.6 is 15.9 Å². The topological polar surface area (TPSA) is 29.9 Å². The smallest absolute Gasteiger partial charge is 0.0766 e. The van der Waals surface area contributed by atoms with Crippen LogP contribution in [-0.2, 0) is 19.4 Å². The molecule has 0 aliphatic rings. The Kier molecular flexibility index (Phi) is 6.54. The lowest BCUT2D eigenvalue weighted by molar-refractivity contribution is 0.305. The van der Waals surface area contributed by atoms with Gasteiger partial charge in [0.2, 0.25) is 0 Å². The van der Waals surface area contributed by atoms with Crippen molar-refractivity contribution in [3.05, 3.63) is 15.9 Å². The van der Waals surface area contributed by atoms with Crippen LogP contribution in [0.2, 0.25) is 0 Å². The standard InChI is InChI=1S/C15H28BrN3/c1-7-12-15(16)14(19(8-2)18-12)9-13(17-6)11(5)10(3)4/h10-11,13,17H,7-9H2,1-6H3. The fourth-order valence-electron chi connectivity index (χ4n) is 2.44. The Morgan fingerprint density at radius 1 is 1.26 bits per heavy atom. The minimum Gasteiger partial charge on any atom is -0.316 e. The van der Waals surface area contributed by atoms with E-state index in [0.29, 0.717) is 17.9 Å². The van der Waals surface area contributed by atoms with Crippen molar-refractivity contribution in [1.29, 1.82) is 0 Å². The van der Waals surface area contributed by atoms with Crippen LogP contribution in [0, 0.1) is 11.8 Å². The van der Waals surface area contributed by atoms with Crippen LogP contribution in [0.5, 0.6) is 0 Å². The molecule has 1 rings (SSSR count). The van der Waals surface area contributed by atoms with Crippen LogP contribution < -0.4 is 5.32 Å². The molecule has 0 aromatic carbocycles. The average molecular weight is 330 g/mol. The second-order valence-corrected chi connectivity index (χ2v) is 6.37. The quantitative estimate of drug-likeness (QED) is 0.827. The number of nitrogens with zero attached hydrogens (tertiary/aromatic N) is 2. The molecule has 2 unspecified atom stereocenters. The van der Waals surface area contributed by atoms with E-state index >= 15 is 0 Å². The fraction of sp³-hybridized carbons (Fsp3) is 0.800. The van der Waals surface area contributed by atoms with E-state index in [1.807, 2.05) is 0 Å². The lowest BCUT2D eigenvalue weighted by atomic mass is 9.87. The van der Waals surface area contributed by atoms with E-state index in [1.54, 1.807) is 0 Å². The molecule has 0 aliphatic carbocycles. The van der Waals surface area contributed by atoms with E-state index in [0.717, 1.165) is 19.4 Å². The Bertz CT molecular complexity index is 398. The molecule has 1 heterocycles. The molecule has 0 saturated heterocycles. The highest BCUT2D eigenvalue weighted by Gasteiger charge is 2.23. The molecule has 1 aromatic heterocycles. The highest BCUT2D eigenvalue weighted by molar-refractivity contribution is 9.10. The molecule has 0 bridgehead atoms. The molecule has 0 fully saturated rings. The van der Waals surface area contributed by atoms with Gasteiger partial charge in [0.05, 0.1) is 15.9 Å². The van der Waals surface area contributed by atoms with Crippen molar-refractivity contribution >= 4 is 15.9 Å². The van der Waals surface area contributed by atoms with Gasteiger partial charge in [0, 0.05) is 19.0 Å². The molecular weight excluding hydrogens is 302 g/mol. The molecule has 0 amide bonds. The maximum Gasteiger partial charge on any atom is 0.0766 e. The maximum absolute atomic E-state index is 4.68. The molecule has 1 aromatic rings.